The second-order valence-electron chi connectivity index (χ2n) is 10.8. The molecule has 7 nitrogen and oxygen atoms in total. The van der Waals surface area contributed by atoms with Crippen molar-refractivity contribution in [3.05, 3.63) is 34.9 Å². The van der Waals surface area contributed by atoms with Gasteiger partial charge in [0, 0.05) is 25.1 Å². The van der Waals surface area contributed by atoms with Crippen LogP contribution in [0.4, 0.5) is 0 Å². The molecule has 4 heterocycles. The third-order valence-electron chi connectivity index (χ3n) is 8.33. The molecule has 2 unspecified atom stereocenters. The molecule has 2 atom stereocenters. The smallest absolute Gasteiger partial charge is 0.255 e. The maximum Gasteiger partial charge on any atom is 0.255 e. The molecule has 7 heteroatoms. The van der Waals surface area contributed by atoms with Crippen molar-refractivity contribution in [3.8, 4) is 0 Å². The number of imide groups is 1. The quantitative estimate of drug-likeness (QED) is 0.604. The van der Waals surface area contributed by atoms with E-state index >= 15 is 0 Å². The van der Waals surface area contributed by atoms with Gasteiger partial charge in [-0.3, -0.25) is 24.6 Å². The number of amides is 3. The summed E-state index contributed by atoms with van der Waals surface area (Å²) in [5, 5.41) is 5.90. The van der Waals surface area contributed by atoms with Gasteiger partial charge in [-0.2, -0.15) is 0 Å². The highest BCUT2D eigenvalue weighted by Gasteiger charge is 2.39. The first kappa shape index (κ1) is 23.5. The SMILES string of the molecule is O=C1CCC(N2Cc3ccc(CN4CCC(CCCC5CCCNC5)CC4)cc3C2=O)C(=O)N1. The Balaban J connectivity index is 1.09. The van der Waals surface area contributed by atoms with Gasteiger partial charge < -0.3 is 10.2 Å². The van der Waals surface area contributed by atoms with Gasteiger partial charge in [0.1, 0.15) is 6.04 Å². The normalized spacial score (nSPS) is 26.6. The van der Waals surface area contributed by atoms with Crippen molar-refractivity contribution >= 4 is 17.7 Å². The van der Waals surface area contributed by atoms with E-state index in [1.807, 2.05) is 12.1 Å². The van der Waals surface area contributed by atoms with E-state index in [2.05, 4.69) is 21.6 Å². The number of hydrogen-bond donors (Lipinski definition) is 2. The van der Waals surface area contributed by atoms with Gasteiger partial charge in [0.25, 0.3) is 5.91 Å². The van der Waals surface area contributed by atoms with E-state index < -0.39 is 6.04 Å². The summed E-state index contributed by atoms with van der Waals surface area (Å²) in [7, 11) is 0. The van der Waals surface area contributed by atoms with Crippen LogP contribution in [0.3, 0.4) is 0 Å². The number of rotatable bonds is 7. The van der Waals surface area contributed by atoms with Crippen molar-refractivity contribution < 1.29 is 14.4 Å². The second-order valence-corrected chi connectivity index (χ2v) is 10.8. The summed E-state index contributed by atoms with van der Waals surface area (Å²) < 4.78 is 0. The number of nitrogens with zero attached hydrogens (tertiary/aromatic N) is 2. The molecule has 0 radical (unpaired) electrons. The van der Waals surface area contributed by atoms with E-state index in [9.17, 15) is 14.4 Å². The molecule has 3 amide bonds. The highest BCUT2D eigenvalue weighted by atomic mass is 16.2. The number of likely N-dealkylation sites (tertiary alicyclic amines) is 1. The third-order valence-corrected chi connectivity index (χ3v) is 8.33. The van der Waals surface area contributed by atoms with Gasteiger partial charge in [-0.25, -0.2) is 0 Å². The zero-order valence-electron chi connectivity index (χ0n) is 20.2. The molecule has 3 fully saturated rings. The number of carbonyl (C=O) groups is 3. The maximum absolute atomic E-state index is 13.1. The monoisotopic (exact) mass is 466 g/mol. The molecule has 5 rings (SSSR count). The highest BCUT2D eigenvalue weighted by molar-refractivity contribution is 6.05. The van der Waals surface area contributed by atoms with Crippen LogP contribution < -0.4 is 10.6 Å². The second kappa shape index (κ2) is 10.6. The van der Waals surface area contributed by atoms with Crippen molar-refractivity contribution in [1.82, 2.24) is 20.4 Å². The molecule has 2 N–H and O–H groups in total. The van der Waals surface area contributed by atoms with E-state index in [0.717, 1.165) is 37.0 Å². The molecule has 34 heavy (non-hydrogen) atoms. The predicted molar refractivity (Wildman–Crippen MR) is 130 cm³/mol. The Morgan fingerprint density at radius 2 is 1.79 bits per heavy atom. The van der Waals surface area contributed by atoms with Gasteiger partial charge in [0.15, 0.2) is 0 Å². The average Bonchev–Trinajstić information content (AvgIpc) is 3.16. The standard InChI is InChI=1S/C27H38N4O3/c32-25-9-8-24(26(33)29-25)31-18-22-7-6-21(15-23(22)27(31)34)17-30-13-10-19(11-14-30)3-1-4-20-5-2-12-28-16-20/h6-7,15,19-20,24,28H,1-5,8-14,16-18H2,(H,29,32,33). The lowest BCUT2D eigenvalue weighted by molar-refractivity contribution is -0.136. The minimum atomic E-state index is -0.547. The number of nitrogens with one attached hydrogen (secondary N) is 2. The van der Waals surface area contributed by atoms with Crippen molar-refractivity contribution in [3.63, 3.8) is 0 Å². The van der Waals surface area contributed by atoms with Crippen LogP contribution in [0, 0.1) is 11.8 Å². The molecule has 4 aliphatic rings. The molecule has 0 bridgehead atoms. The maximum atomic E-state index is 13.1. The van der Waals surface area contributed by atoms with Crippen LogP contribution in [0.5, 0.6) is 0 Å². The fraction of sp³-hybridized carbons (Fsp3) is 0.667. The van der Waals surface area contributed by atoms with E-state index in [4.69, 9.17) is 0 Å². The first-order valence-corrected chi connectivity index (χ1v) is 13.3. The van der Waals surface area contributed by atoms with E-state index in [1.165, 1.54) is 63.6 Å². The predicted octanol–water partition coefficient (Wildman–Crippen LogP) is 2.83. The zero-order chi connectivity index (χ0) is 23.5. The molecular weight excluding hydrogens is 428 g/mol. The van der Waals surface area contributed by atoms with Crippen LogP contribution in [0.15, 0.2) is 18.2 Å². The van der Waals surface area contributed by atoms with Crippen LogP contribution >= 0.6 is 0 Å². The van der Waals surface area contributed by atoms with Crippen molar-refractivity contribution in [2.45, 2.75) is 76.9 Å². The summed E-state index contributed by atoms with van der Waals surface area (Å²) in [6, 6.07) is 5.65. The summed E-state index contributed by atoms with van der Waals surface area (Å²) in [6.45, 7) is 5.99. The fourth-order valence-corrected chi connectivity index (χ4v) is 6.26. The van der Waals surface area contributed by atoms with Crippen molar-refractivity contribution in [2.24, 2.45) is 11.8 Å². The van der Waals surface area contributed by atoms with Crippen LogP contribution in [-0.2, 0) is 22.7 Å². The van der Waals surface area contributed by atoms with Crippen LogP contribution in [0.1, 0.15) is 79.3 Å². The molecule has 0 aliphatic carbocycles. The molecular formula is C27H38N4O3. The number of hydrogen-bond acceptors (Lipinski definition) is 5. The molecule has 184 valence electrons. The summed E-state index contributed by atoms with van der Waals surface area (Å²) >= 11 is 0. The Kier molecular flexibility index (Phi) is 7.30. The summed E-state index contributed by atoms with van der Waals surface area (Å²) in [6.07, 6.45) is 10.1. The molecule has 1 aromatic carbocycles. The molecule has 0 saturated carbocycles. The lowest BCUT2D eigenvalue weighted by Gasteiger charge is -2.32. The molecule has 3 saturated heterocycles. The lowest BCUT2D eigenvalue weighted by atomic mass is 9.88. The Hall–Kier alpha value is -2.25. The molecule has 1 aromatic rings. The topological polar surface area (TPSA) is 81.8 Å². The van der Waals surface area contributed by atoms with Gasteiger partial charge in [-0.05, 0) is 93.7 Å². The van der Waals surface area contributed by atoms with Gasteiger partial charge >= 0.3 is 0 Å². The van der Waals surface area contributed by atoms with Crippen molar-refractivity contribution in [2.75, 3.05) is 26.2 Å². The van der Waals surface area contributed by atoms with Gasteiger partial charge in [-0.15, -0.1) is 0 Å². The van der Waals surface area contributed by atoms with Crippen LogP contribution in [0.25, 0.3) is 0 Å². The third kappa shape index (κ3) is 5.36. The molecule has 0 spiro atoms. The highest BCUT2D eigenvalue weighted by Crippen LogP contribution is 2.30. The largest absolute Gasteiger partial charge is 0.322 e. The van der Waals surface area contributed by atoms with E-state index in [0.29, 0.717) is 18.5 Å². The van der Waals surface area contributed by atoms with Gasteiger partial charge in [-0.1, -0.05) is 25.0 Å². The molecule has 0 aromatic heterocycles. The van der Waals surface area contributed by atoms with Crippen LogP contribution in [-0.4, -0.2) is 59.7 Å². The Bertz CT molecular complexity index is 918. The minimum Gasteiger partial charge on any atom is -0.322 e. The van der Waals surface area contributed by atoms with Gasteiger partial charge in [0.05, 0.1) is 0 Å². The lowest BCUT2D eigenvalue weighted by Crippen LogP contribution is -2.52. The number of benzene rings is 1. The summed E-state index contributed by atoms with van der Waals surface area (Å²) in [4.78, 5) is 40.9. The molecule has 4 aliphatic heterocycles. The zero-order valence-corrected chi connectivity index (χ0v) is 20.2. The summed E-state index contributed by atoms with van der Waals surface area (Å²) in [5.41, 5.74) is 2.86. The van der Waals surface area contributed by atoms with Crippen LogP contribution in [0.2, 0.25) is 0 Å². The van der Waals surface area contributed by atoms with Crippen molar-refractivity contribution in [1.29, 1.82) is 0 Å². The van der Waals surface area contributed by atoms with Gasteiger partial charge in [0.2, 0.25) is 11.8 Å². The fourth-order valence-electron chi connectivity index (χ4n) is 6.26. The van der Waals surface area contributed by atoms with E-state index in [-0.39, 0.29) is 24.1 Å². The minimum absolute atomic E-state index is 0.0850. The number of fused-ring (bicyclic) bond motifs is 1. The number of piperidine rings is 3. The Morgan fingerprint density at radius 1 is 0.971 bits per heavy atom. The Labute approximate surface area is 202 Å². The average molecular weight is 467 g/mol. The van der Waals surface area contributed by atoms with E-state index in [1.54, 1.807) is 4.90 Å². The number of carbonyl (C=O) groups excluding carboxylic acids is 3. The first-order chi connectivity index (χ1) is 16.6. The first-order valence-electron chi connectivity index (χ1n) is 13.3. The Morgan fingerprint density at radius 3 is 2.56 bits per heavy atom. The summed E-state index contributed by atoms with van der Waals surface area (Å²) in [5.74, 6) is 1.06.